The van der Waals surface area contributed by atoms with Crippen molar-refractivity contribution < 1.29 is 4.79 Å². The predicted octanol–water partition coefficient (Wildman–Crippen LogP) is 2.87. The maximum atomic E-state index is 11.9. The smallest absolute Gasteiger partial charge is 0.220 e. The number of nitrogens with two attached hydrogens (primary N) is 1. The second kappa shape index (κ2) is 9.62. The fraction of sp³-hybridized carbons (Fsp3) is 0.929. The predicted molar refractivity (Wildman–Crippen MR) is 78.9 cm³/mol. The van der Waals surface area contributed by atoms with E-state index in [9.17, 15) is 4.79 Å². The van der Waals surface area contributed by atoms with Crippen molar-refractivity contribution in [1.29, 1.82) is 0 Å². The van der Waals surface area contributed by atoms with Crippen molar-refractivity contribution in [2.24, 2.45) is 17.6 Å². The second-order valence-corrected chi connectivity index (χ2v) is 5.84. The lowest BCUT2D eigenvalue weighted by molar-refractivity contribution is -0.123. The summed E-state index contributed by atoms with van der Waals surface area (Å²) < 4.78 is 0. The molecular formula is C14H29ClN2O. The number of amides is 1. The van der Waals surface area contributed by atoms with Crippen LogP contribution >= 0.6 is 12.4 Å². The fourth-order valence-electron chi connectivity index (χ4n) is 2.72. The molecule has 1 atom stereocenters. The van der Waals surface area contributed by atoms with Gasteiger partial charge >= 0.3 is 0 Å². The lowest BCUT2D eigenvalue weighted by Gasteiger charge is -2.23. The van der Waals surface area contributed by atoms with Crippen LogP contribution in [0.15, 0.2) is 0 Å². The van der Waals surface area contributed by atoms with Crippen LogP contribution in [-0.2, 0) is 4.79 Å². The molecule has 1 unspecified atom stereocenters. The van der Waals surface area contributed by atoms with Crippen LogP contribution in [0.2, 0.25) is 0 Å². The molecule has 0 spiro atoms. The van der Waals surface area contributed by atoms with Crippen molar-refractivity contribution in [1.82, 2.24) is 5.32 Å². The Morgan fingerprint density at radius 3 is 2.39 bits per heavy atom. The van der Waals surface area contributed by atoms with Crippen LogP contribution in [0.1, 0.15) is 58.8 Å². The molecule has 1 fully saturated rings. The molecule has 1 aliphatic rings. The van der Waals surface area contributed by atoms with Gasteiger partial charge in [0.15, 0.2) is 0 Å². The average Bonchev–Trinajstić information content (AvgIpc) is 2.28. The van der Waals surface area contributed by atoms with Gasteiger partial charge in [-0.15, -0.1) is 12.4 Å². The van der Waals surface area contributed by atoms with Gasteiger partial charge in [0, 0.05) is 19.0 Å². The van der Waals surface area contributed by atoms with Crippen molar-refractivity contribution in [2.45, 2.75) is 64.8 Å². The van der Waals surface area contributed by atoms with E-state index in [4.69, 9.17) is 5.73 Å². The van der Waals surface area contributed by atoms with E-state index in [1.807, 2.05) is 0 Å². The molecule has 0 saturated heterocycles. The minimum absolute atomic E-state index is 0. The van der Waals surface area contributed by atoms with Crippen LogP contribution in [0, 0.1) is 11.8 Å². The first-order chi connectivity index (χ1) is 8.11. The molecule has 0 bridgehead atoms. The number of hydrogen-bond donors (Lipinski definition) is 2. The van der Waals surface area contributed by atoms with Gasteiger partial charge in [0.1, 0.15) is 0 Å². The summed E-state index contributed by atoms with van der Waals surface area (Å²) >= 11 is 0. The van der Waals surface area contributed by atoms with Gasteiger partial charge in [-0.1, -0.05) is 33.1 Å². The monoisotopic (exact) mass is 276 g/mol. The molecular weight excluding hydrogens is 248 g/mol. The third-order valence-corrected chi connectivity index (χ3v) is 3.60. The molecule has 4 heteroatoms. The summed E-state index contributed by atoms with van der Waals surface area (Å²) in [6, 6.07) is 0.158. The Morgan fingerprint density at radius 2 is 1.89 bits per heavy atom. The second-order valence-electron chi connectivity index (χ2n) is 5.84. The van der Waals surface area contributed by atoms with Crippen molar-refractivity contribution in [3.05, 3.63) is 0 Å². The number of carbonyl (C=O) groups excluding carboxylic acids is 1. The summed E-state index contributed by atoms with van der Waals surface area (Å²) in [6.07, 6.45) is 8.07. The van der Waals surface area contributed by atoms with Gasteiger partial charge in [-0.25, -0.2) is 0 Å². The van der Waals surface area contributed by atoms with Gasteiger partial charge < -0.3 is 11.1 Å². The van der Waals surface area contributed by atoms with E-state index in [1.54, 1.807) is 0 Å². The van der Waals surface area contributed by atoms with E-state index in [2.05, 4.69) is 19.2 Å². The van der Waals surface area contributed by atoms with Crippen molar-refractivity contribution in [3.8, 4) is 0 Å². The average molecular weight is 277 g/mol. The molecule has 3 N–H and O–H groups in total. The fourth-order valence-corrected chi connectivity index (χ4v) is 2.72. The molecule has 18 heavy (non-hydrogen) atoms. The van der Waals surface area contributed by atoms with Crippen molar-refractivity contribution in [2.75, 3.05) is 6.54 Å². The van der Waals surface area contributed by atoms with E-state index in [1.165, 1.54) is 32.1 Å². The molecule has 3 nitrogen and oxygen atoms in total. The van der Waals surface area contributed by atoms with Gasteiger partial charge in [0.25, 0.3) is 0 Å². The zero-order valence-corrected chi connectivity index (χ0v) is 12.6. The topological polar surface area (TPSA) is 55.1 Å². The molecule has 1 rings (SSSR count). The molecule has 0 aliphatic heterocycles. The molecule has 0 aromatic rings. The third-order valence-electron chi connectivity index (χ3n) is 3.60. The Balaban J connectivity index is 0.00000289. The van der Waals surface area contributed by atoms with Crippen molar-refractivity contribution in [3.63, 3.8) is 0 Å². The summed E-state index contributed by atoms with van der Waals surface area (Å²) in [5.74, 6) is 1.40. The van der Waals surface area contributed by atoms with Gasteiger partial charge in [-0.05, 0) is 31.1 Å². The Hall–Kier alpha value is -0.280. The molecule has 1 aliphatic carbocycles. The highest BCUT2D eigenvalue weighted by Crippen LogP contribution is 2.26. The van der Waals surface area contributed by atoms with Crippen LogP contribution in [0.5, 0.6) is 0 Å². The number of rotatable bonds is 6. The Morgan fingerprint density at radius 1 is 1.28 bits per heavy atom. The standard InChI is InChI=1S/C14H28N2O.ClH/c1-11(2)8-13(10-15)16-14(17)9-12-6-4-3-5-7-12;/h11-13H,3-10,15H2,1-2H3,(H,16,17);1H. The number of hydrogen-bond acceptors (Lipinski definition) is 2. The summed E-state index contributed by atoms with van der Waals surface area (Å²) in [6.45, 7) is 4.88. The molecule has 108 valence electrons. The zero-order chi connectivity index (χ0) is 12.7. The van der Waals surface area contributed by atoms with Crippen molar-refractivity contribution >= 4 is 18.3 Å². The molecule has 0 aromatic heterocycles. The highest BCUT2D eigenvalue weighted by Gasteiger charge is 2.19. The van der Waals surface area contributed by atoms with Crippen LogP contribution in [0.4, 0.5) is 0 Å². The van der Waals surface area contributed by atoms with E-state index < -0.39 is 0 Å². The van der Waals surface area contributed by atoms with Crippen LogP contribution in [0.3, 0.4) is 0 Å². The molecule has 1 saturated carbocycles. The third kappa shape index (κ3) is 7.22. The Kier molecular flexibility index (Phi) is 9.47. The van der Waals surface area contributed by atoms with Gasteiger partial charge in [-0.2, -0.15) is 0 Å². The maximum absolute atomic E-state index is 11.9. The minimum Gasteiger partial charge on any atom is -0.352 e. The van der Waals surface area contributed by atoms with Gasteiger partial charge in [0.05, 0.1) is 0 Å². The summed E-state index contributed by atoms with van der Waals surface area (Å²) in [4.78, 5) is 11.9. The zero-order valence-electron chi connectivity index (χ0n) is 11.8. The maximum Gasteiger partial charge on any atom is 0.220 e. The largest absolute Gasteiger partial charge is 0.352 e. The lowest BCUT2D eigenvalue weighted by atomic mass is 9.87. The quantitative estimate of drug-likeness (QED) is 0.784. The van der Waals surface area contributed by atoms with Crippen LogP contribution in [0.25, 0.3) is 0 Å². The number of nitrogens with one attached hydrogen (secondary N) is 1. The molecule has 0 radical (unpaired) electrons. The van der Waals surface area contributed by atoms with E-state index in [0.717, 1.165) is 6.42 Å². The molecule has 0 heterocycles. The van der Waals surface area contributed by atoms with E-state index in [0.29, 0.717) is 24.8 Å². The SMILES string of the molecule is CC(C)CC(CN)NC(=O)CC1CCCCC1.Cl. The van der Waals surface area contributed by atoms with Gasteiger partial charge in [0.2, 0.25) is 5.91 Å². The minimum atomic E-state index is 0. The normalized spacial score (nSPS) is 18.2. The number of carbonyl (C=O) groups is 1. The first-order valence-electron chi connectivity index (χ1n) is 7.11. The highest BCUT2D eigenvalue weighted by molar-refractivity contribution is 5.85. The molecule has 1 amide bonds. The lowest BCUT2D eigenvalue weighted by Crippen LogP contribution is -2.41. The van der Waals surface area contributed by atoms with Gasteiger partial charge in [-0.3, -0.25) is 4.79 Å². The Labute approximate surface area is 118 Å². The molecule has 0 aromatic carbocycles. The first-order valence-corrected chi connectivity index (χ1v) is 7.11. The first kappa shape index (κ1) is 17.7. The summed E-state index contributed by atoms with van der Waals surface area (Å²) in [5.41, 5.74) is 5.69. The number of halogens is 1. The summed E-state index contributed by atoms with van der Waals surface area (Å²) in [5, 5.41) is 3.08. The van der Waals surface area contributed by atoms with E-state index >= 15 is 0 Å². The highest BCUT2D eigenvalue weighted by atomic mass is 35.5. The van der Waals surface area contributed by atoms with E-state index in [-0.39, 0.29) is 24.4 Å². The van der Waals surface area contributed by atoms with Crippen LogP contribution in [-0.4, -0.2) is 18.5 Å². The van der Waals surface area contributed by atoms with Crippen LogP contribution < -0.4 is 11.1 Å². The summed E-state index contributed by atoms with van der Waals surface area (Å²) in [7, 11) is 0. The Bertz CT molecular complexity index is 228.